The molecular formula is C12H22N4OS. The largest absolute Gasteiger partial charge is 0.493 e. The van der Waals surface area contributed by atoms with E-state index in [1.807, 2.05) is 30.5 Å². The summed E-state index contributed by atoms with van der Waals surface area (Å²) in [4.78, 5) is 2.42. The zero-order valence-electron chi connectivity index (χ0n) is 11.5. The lowest BCUT2D eigenvalue weighted by Gasteiger charge is -2.37. The molecule has 0 aliphatic carbocycles. The highest BCUT2D eigenvalue weighted by Crippen LogP contribution is 2.31. The normalized spacial score (nSPS) is 23.0. The van der Waals surface area contributed by atoms with Crippen molar-refractivity contribution in [1.82, 2.24) is 20.0 Å². The summed E-state index contributed by atoms with van der Waals surface area (Å²) in [6, 6.07) is 0.711. The molecule has 1 aliphatic heterocycles. The van der Waals surface area contributed by atoms with Crippen LogP contribution in [-0.2, 0) is 7.05 Å². The van der Waals surface area contributed by atoms with Crippen molar-refractivity contribution in [2.45, 2.75) is 12.1 Å². The SMILES string of the molecule is CNC(c1c(OC)cnn1C)C1CSCCN1C. The maximum absolute atomic E-state index is 5.43. The second kappa shape index (κ2) is 5.95. The van der Waals surface area contributed by atoms with Crippen molar-refractivity contribution < 1.29 is 4.74 Å². The molecule has 6 heteroatoms. The van der Waals surface area contributed by atoms with E-state index in [4.69, 9.17) is 4.74 Å². The molecule has 2 atom stereocenters. The third-order valence-electron chi connectivity index (χ3n) is 3.60. The van der Waals surface area contributed by atoms with Gasteiger partial charge in [0, 0.05) is 31.1 Å². The van der Waals surface area contributed by atoms with Crippen LogP contribution in [0.25, 0.3) is 0 Å². The highest BCUT2D eigenvalue weighted by molar-refractivity contribution is 7.99. The van der Waals surface area contributed by atoms with Gasteiger partial charge in [-0.2, -0.15) is 16.9 Å². The van der Waals surface area contributed by atoms with Crippen molar-refractivity contribution in [1.29, 1.82) is 0 Å². The van der Waals surface area contributed by atoms with Crippen LogP contribution in [0.3, 0.4) is 0 Å². The molecule has 0 saturated carbocycles. The van der Waals surface area contributed by atoms with Crippen LogP contribution in [-0.4, -0.2) is 60.0 Å². The molecule has 1 aromatic rings. The first-order valence-electron chi connectivity index (χ1n) is 6.20. The van der Waals surface area contributed by atoms with Gasteiger partial charge >= 0.3 is 0 Å². The number of thioether (sulfide) groups is 1. The van der Waals surface area contributed by atoms with Gasteiger partial charge in [0.15, 0.2) is 5.75 Å². The molecule has 0 spiro atoms. The van der Waals surface area contributed by atoms with Crippen LogP contribution in [0, 0.1) is 0 Å². The van der Waals surface area contributed by atoms with Gasteiger partial charge in [-0.1, -0.05) is 0 Å². The molecule has 0 bridgehead atoms. The van der Waals surface area contributed by atoms with Crippen LogP contribution in [0.15, 0.2) is 6.20 Å². The average molecular weight is 270 g/mol. The Bertz CT molecular complexity index is 395. The van der Waals surface area contributed by atoms with E-state index in [2.05, 4.69) is 22.4 Å². The number of rotatable bonds is 4. The number of ether oxygens (including phenoxy) is 1. The van der Waals surface area contributed by atoms with Crippen LogP contribution in [0.2, 0.25) is 0 Å². The van der Waals surface area contributed by atoms with Gasteiger partial charge in [0.2, 0.25) is 0 Å². The van der Waals surface area contributed by atoms with E-state index in [-0.39, 0.29) is 6.04 Å². The number of hydrogen-bond acceptors (Lipinski definition) is 5. The van der Waals surface area contributed by atoms with Crippen molar-refractivity contribution in [2.75, 3.05) is 39.3 Å². The molecule has 5 nitrogen and oxygen atoms in total. The first-order valence-corrected chi connectivity index (χ1v) is 7.35. The van der Waals surface area contributed by atoms with Crippen molar-refractivity contribution >= 4 is 11.8 Å². The van der Waals surface area contributed by atoms with Gasteiger partial charge in [-0.15, -0.1) is 0 Å². The minimum Gasteiger partial charge on any atom is -0.493 e. The first kappa shape index (κ1) is 13.7. The van der Waals surface area contributed by atoms with Crippen molar-refractivity contribution in [3.63, 3.8) is 0 Å². The fourth-order valence-corrected chi connectivity index (χ4v) is 3.78. The molecule has 2 unspecified atom stereocenters. The van der Waals surface area contributed by atoms with E-state index < -0.39 is 0 Å². The third kappa shape index (κ3) is 2.50. The summed E-state index contributed by atoms with van der Waals surface area (Å²) in [7, 11) is 7.87. The van der Waals surface area contributed by atoms with Crippen LogP contribution < -0.4 is 10.1 Å². The van der Waals surface area contributed by atoms with E-state index in [0.717, 1.165) is 23.7 Å². The smallest absolute Gasteiger partial charge is 0.161 e. The van der Waals surface area contributed by atoms with E-state index in [9.17, 15) is 0 Å². The summed E-state index contributed by atoms with van der Waals surface area (Å²) in [5.74, 6) is 3.21. The molecule has 1 saturated heterocycles. The standard InChI is InChI=1S/C12H22N4OS/c1-13-11(9-8-18-6-5-15(9)2)12-10(17-4)7-14-16(12)3/h7,9,11,13H,5-6,8H2,1-4H3. The molecule has 1 aromatic heterocycles. The van der Waals surface area contributed by atoms with Crippen molar-refractivity contribution in [3.8, 4) is 5.75 Å². The minimum absolute atomic E-state index is 0.241. The molecule has 2 rings (SSSR count). The molecule has 2 heterocycles. The van der Waals surface area contributed by atoms with Crippen molar-refractivity contribution in [3.05, 3.63) is 11.9 Å². The second-order valence-electron chi connectivity index (χ2n) is 4.61. The minimum atomic E-state index is 0.241. The monoisotopic (exact) mass is 270 g/mol. The lowest BCUT2D eigenvalue weighted by Crippen LogP contribution is -2.47. The Morgan fingerprint density at radius 2 is 2.33 bits per heavy atom. The van der Waals surface area contributed by atoms with Gasteiger partial charge in [-0.05, 0) is 14.1 Å². The first-order chi connectivity index (χ1) is 8.69. The number of aromatic nitrogens is 2. The van der Waals surface area contributed by atoms with Gasteiger partial charge in [0.05, 0.1) is 25.0 Å². The summed E-state index contributed by atoms with van der Waals surface area (Å²) in [5.41, 5.74) is 1.12. The zero-order valence-corrected chi connectivity index (χ0v) is 12.3. The number of likely N-dealkylation sites (N-methyl/N-ethyl adjacent to an activating group) is 2. The summed E-state index contributed by atoms with van der Waals surface area (Å²) in [6.07, 6.45) is 1.79. The Morgan fingerprint density at radius 3 is 2.94 bits per heavy atom. The number of aryl methyl sites for hydroxylation is 1. The molecule has 0 radical (unpaired) electrons. The quantitative estimate of drug-likeness (QED) is 0.874. The van der Waals surface area contributed by atoms with E-state index in [0.29, 0.717) is 6.04 Å². The summed E-state index contributed by atoms with van der Waals surface area (Å²) < 4.78 is 7.34. The predicted octanol–water partition coefficient (Wildman–Crippen LogP) is 0.736. The highest BCUT2D eigenvalue weighted by atomic mass is 32.2. The summed E-state index contributed by atoms with van der Waals surface area (Å²) in [5, 5.41) is 7.73. The molecule has 0 aromatic carbocycles. The predicted molar refractivity (Wildman–Crippen MR) is 75.3 cm³/mol. The Balaban J connectivity index is 2.29. The maximum atomic E-state index is 5.43. The number of nitrogens with one attached hydrogen (secondary N) is 1. The maximum Gasteiger partial charge on any atom is 0.161 e. The van der Waals surface area contributed by atoms with Crippen LogP contribution >= 0.6 is 11.8 Å². The molecule has 1 fully saturated rings. The van der Waals surface area contributed by atoms with Crippen molar-refractivity contribution in [2.24, 2.45) is 7.05 Å². The topological polar surface area (TPSA) is 42.3 Å². The molecule has 102 valence electrons. The molecule has 1 aliphatic rings. The van der Waals surface area contributed by atoms with E-state index in [1.165, 1.54) is 5.75 Å². The number of hydrogen-bond donors (Lipinski definition) is 1. The van der Waals surface area contributed by atoms with Gasteiger partial charge in [0.1, 0.15) is 0 Å². The molecule has 1 N–H and O–H groups in total. The molecule has 0 amide bonds. The molecule has 18 heavy (non-hydrogen) atoms. The summed E-state index contributed by atoms with van der Waals surface area (Å²) >= 11 is 2.01. The third-order valence-corrected chi connectivity index (χ3v) is 4.65. The fraction of sp³-hybridized carbons (Fsp3) is 0.750. The average Bonchev–Trinajstić information content (AvgIpc) is 2.74. The lowest BCUT2D eigenvalue weighted by atomic mass is 10.0. The molecular weight excluding hydrogens is 248 g/mol. The zero-order chi connectivity index (χ0) is 13.1. The van der Waals surface area contributed by atoms with Gasteiger partial charge in [0.25, 0.3) is 0 Å². The Hall–Kier alpha value is -0.720. The van der Waals surface area contributed by atoms with E-state index in [1.54, 1.807) is 13.3 Å². The van der Waals surface area contributed by atoms with Crippen LogP contribution in [0.5, 0.6) is 5.75 Å². The number of nitrogens with zero attached hydrogens (tertiary/aromatic N) is 3. The van der Waals surface area contributed by atoms with Gasteiger partial charge in [-0.3, -0.25) is 9.58 Å². The summed E-state index contributed by atoms with van der Waals surface area (Å²) in [6.45, 7) is 1.13. The highest BCUT2D eigenvalue weighted by Gasteiger charge is 2.32. The lowest BCUT2D eigenvalue weighted by molar-refractivity contribution is 0.213. The van der Waals surface area contributed by atoms with E-state index >= 15 is 0 Å². The Labute approximate surface area is 113 Å². The Kier molecular flexibility index (Phi) is 4.53. The Morgan fingerprint density at radius 1 is 1.56 bits per heavy atom. The number of methoxy groups -OCH3 is 1. The fourth-order valence-electron chi connectivity index (χ4n) is 2.51. The van der Waals surface area contributed by atoms with Gasteiger partial charge < -0.3 is 10.1 Å². The van der Waals surface area contributed by atoms with Crippen LogP contribution in [0.4, 0.5) is 0 Å². The second-order valence-corrected chi connectivity index (χ2v) is 5.76. The van der Waals surface area contributed by atoms with Crippen LogP contribution in [0.1, 0.15) is 11.7 Å². The van der Waals surface area contributed by atoms with Gasteiger partial charge in [-0.25, -0.2) is 0 Å².